The van der Waals surface area contributed by atoms with Gasteiger partial charge in [0.15, 0.2) is 0 Å². The summed E-state index contributed by atoms with van der Waals surface area (Å²) in [6.45, 7) is 9.42. The van der Waals surface area contributed by atoms with Crippen LogP contribution < -0.4 is 0 Å². The summed E-state index contributed by atoms with van der Waals surface area (Å²) in [4.78, 5) is 11.6. The molecule has 0 radical (unpaired) electrons. The van der Waals surface area contributed by atoms with Crippen molar-refractivity contribution in [3.8, 4) is 0 Å². The zero-order valence-corrected chi connectivity index (χ0v) is 11.1. The fraction of sp³-hybridized carbons (Fsp3) is 0.533. The molecule has 0 saturated carbocycles. The zero-order chi connectivity index (χ0) is 14.2. The SMILES string of the molecule is C=C1CCC(O)C(C)=CC2OC(=O)C(=C)C2C(O)C1. The number of fused-ring (bicyclic) bond motifs is 1. The number of rotatable bonds is 0. The Kier molecular flexibility index (Phi) is 3.92. The van der Waals surface area contributed by atoms with Gasteiger partial charge in [-0.3, -0.25) is 0 Å². The fourth-order valence-electron chi connectivity index (χ4n) is 2.66. The summed E-state index contributed by atoms with van der Waals surface area (Å²) < 4.78 is 5.22. The maximum Gasteiger partial charge on any atom is 0.334 e. The van der Waals surface area contributed by atoms with Gasteiger partial charge in [0.25, 0.3) is 0 Å². The van der Waals surface area contributed by atoms with E-state index in [-0.39, 0.29) is 0 Å². The molecule has 1 aliphatic carbocycles. The Bertz CT molecular complexity index is 449. The van der Waals surface area contributed by atoms with Crippen LogP contribution in [0.25, 0.3) is 0 Å². The molecule has 0 bridgehead atoms. The first-order valence-corrected chi connectivity index (χ1v) is 6.51. The lowest BCUT2D eigenvalue weighted by Crippen LogP contribution is -2.30. The van der Waals surface area contributed by atoms with Crippen molar-refractivity contribution >= 4 is 5.97 Å². The van der Waals surface area contributed by atoms with E-state index in [0.29, 0.717) is 24.8 Å². The lowest BCUT2D eigenvalue weighted by molar-refractivity contribution is -0.137. The third-order valence-corrected chi connectivity index (χ3v) is 3.90. The van der Waals surface area contributed by atoms with Crippen LogP contribution in [0.15, 0.2) is 36.0 Å². The van der Waals surface area contributed by atoms with E-state index in [9.17, 15) is 15.0 Å². The third kappa shape index (κ3) is 2.80. The highest BCUT2D eigenvalue weighted by molar-refractivity contribution is 5.91. The summed E-state index contributed by atoms with van der Waals surface area (Å²) in [6.07, 6.45) is 1.51. The first-order valence-electron chi connectivity index (χ1n) is 6.51. The van der Waals surface area contributed by atoms with Crippen molar-refractivity contribution in [1.82, 2.24) is 0 Å². The van der Waals surface area contributed by atoms with Gasteiger partial charge in [-0.05, 0) is 37.8 Å². The molecule has 0 aromatic carbocycles. The molecule has 1 fully saturated rings. The first kappa shape index (κ1) is 14.0. The average molecular weight is 264 g/mol. The van der Waals surface area contributed by atoms with Crippen LogP contribution in [0.3, 0.4) is 0 Å². The molecule has 2 aliphatic rings. The summed E-state index contributed by atoms with van der Waals surface area (Å²) in [7, 11) is 0. The van der Waals surface area contributed by atoms with Gasteiger partial charge in [-0.2, -0.15) is 0 Å². The average Bonchev–Trinajstić information content (AvgIpc) is 2.60. The van der Waals surface area contributed by atoms with Gasteiger partial charge >= 0.3 is 5.97 Å². The summed E-state index contributed by atoms with van der Waals surface area (Å²) >= 11 is 0. The van der Waals surface area contributed by atoms with Crippen molar-refractivity contribution in [3.05, 3.63) is 36.0 Å². The molecule has 4 nitrogen and oxygen atoms in total. The summed E-state index contributed by atoms with van der Waals surface area (Å²) in [5.41, 5.74) is 1.91. The number of carbonyl (C=O) groups excluding carboxylic acids is 1. The van der Waals surface area contributed by atoms with Crippen LogP contribution >= 0.6 is 0 Å². The molecular formula is C15H20O4. The lowest BCUT2D eigenvalue weighted by atomic mass is 9.84. The topological polar surface area (TPSA) is 66.8 Å². The standard InChI is InChI=1S/C15H20O4/c1-8-4-5-11(16)9(2)7-13-14(12(17)6-8)10(3)15(18)19-13/h7,11-14,16-17H,1,3-6H2,2H3. The molecule has 1 saturated heterocycles. The minimum atomic E-state index is -0.726. The van der Waals surface area contributed by atoms with Crippen molar-refractivity contribution in [2.24, 2.45) is 5.92 Å². The van der Waals surface area contributed by atoms with Crippen molar-refractivity contribution in [1.29, 1.82) is 0 Å². The number of esters is 1. The smallest absolute Gasteiger partial charge is 0.334 e. The van der Waals surface area contributed by atoms with Crippen molar-refractivity contribution in [2.75, 3.05) is 0 Å². The Morgan fingerprint density at radius 3 is 2.74 bits per heavy atom. The molecular weight excluding hydrogens is 244 g/mol. The molecule has 0 amide bonds. The molecule has 4 atom stereocenters. The van der Waals surface area contributed by atoms with Crippen LogP contribution in [0.2, 0.25) is 0 Å². The number of carbonyl (C=O) groups is 1. The van der Waals surface area contributed by atoms with Gasteiger partial charge in [0.1, 0.15) is 6.10 Å². The summed E-state index contributed by atoms with van der Waals surface area (Å²) in [6, 6.07) is 0. The van der Waals surface area contributed by atoms with Crippen molar-refractivity contribution < 1.29 is 19.7 Å². The highest BCUT2D eigenvalue weighted by Gasteiger charge is 2.42. The molecule has 2 N–H and O–H groups in total. The van der Waals surface area contributed by atoms with Gasteiger partial charge in [-0.1, -0.05) is 18.7 Å². The van der Waals surface area contributed by atoms with E-state index in [2.05, 4.69) is 13.2 Å². The zero-order valence-electron chi connectivity index (χ0n) is 11.1. The second-order valence-corrected chi connectivity index (χ2v) is 5.41. The molecule has 1 aliphatic heterocycles. The number of hydrogen-bond donors (Lipinski definition) is 2. The quantitative estimate of drug-likeness (QED) is 0.395. The van der Waals surface area contributed by atoms with E-state index < -0.39 is 30.2 Å². The monoisotopic (exact) mass is 264 g/mol. The van der Waals surface area contributed by atoms with Crippen molar-refractivity contribution in [3.63, 3.8) is 0 Å². The van der Waals surface area contributed by atoms with Gasteiger partial charge in [0.2, 0.25) is 0 Å². The Labute approximate surface area is 113 Å². The number of hydrogen-bond acceptors (Lipinski definition) is 4. The van der Waals surface area contributed by atoms with Gasteiger partial charge < -0.3 is 14.9 Å². The second-order valence-electron chi connectivity index (χ2n) is 5.41. The number of aliphatic hydroxyl groups excluding tert-OH is 2. The van der Waals surface area contributed by atoms with Gasteiger partial charge in [0, 0.05) is 5.57 Å². The van der Waals surface area contributed by atoms with Crippen LogP contribution in [-0.2, 0) is 9.53 Å². The number of ether oxygens (including phenoxy) is 1. The molecule has 4 unspecified atom stereocenters. The Balaban J connectivity index is 2.35. The van der Waals surface area contributed by atoms with E-state index in [1.807, 2.05) is 0 Å². The Morgan fingerprint density at radius 2 is 2.05 bits per heavy atom. The summed E-state index contributed by atoms with van der Waals surface area (Å²) in [5, 5.41) is 20.3. The molecule has 19 heavy (non-hydrogen) atoms. The predicted molar refractivity (Wildman–Crippen MR) is 71.3 cm³/mol. The fourth-order valence-corrected chi connectivity index (χ4v) is 2.66. The predicted octanol–water partition coefficient (Wildman–Crippen LogP) is 1.49. The van der Waals surface area contributed by atoms with Gasteiger partial charge in [-0.15, -0.1) is 0 Å². The van der Waals surface area contributed by atoms with Crippen molar-refractivity contribution in [2.45, 2.75) is 44.5 Å². The molecule has 2 rings (SSSR count). The Morgan fingerprint density at radius 1 is 1.37 bits per heavy atom. The highest BCUT2D eigenvalue weighted by Crippen LogP contribution is 2.35. The van der Waals surface area contributed by atoms with E-state index in [1.54, 1.807) is 13.0 Å². The van der Waals surface area contributed by atoms with Crippen LogP contribution in [0.5, 0.6) is 0 Å². The Hall–Kier alpha value is -1.39. The van der Waals surface area contributed by atoms with E-state index in [0.717, 1.165) is 11.1 Å². The van der Waals surface area contributed by atoms with Gasteiger partial charge in [-0.25, -0.2) is 4.79 Å². The second kappa shape index (κ2) is 5.31. The molecule has 0 spiro atoms. The third-order valence-electron chi connectivity index (χ3n) is 3.90. The van der Waals surface area contributed by atoms with E-state index in [1.165, 1.54) is 0 Å². The van der Waals surface area contributed by atoms with E-state index >= 15 is 0 Å². The minimum Gasteiger partial charge on any atom is -0.454 e. The van der Waals surface area contributed by atoms with E-state index in [4.69, 9.17) is 4.74 Å². The maximum atomic E-state index is 11.6. The van der Waals surface area contributed by atoms with Crippen LogP contribution in [-0.4, -0.2) is 34.5 Å². The largest absolute Gasteiger partial charge is 0.454 e. The molecule has 0 aromatic rings. The molecule has 4 heteroatoms. The minimum absolute atomic E-state index is 0.296. The summed E-state index contributed by atoms with van der Waals surface area (Å²) in [5.74, 6) is -0.929. The van der Waals surface area contributed by atoms with Crippen LogP contribution in [0.1, 0.15) is 26.2 Å². The maximum absolute atomic E-state index is 11.6. The molecule has 104 valence electrons. The lowest BCUT2D eigenvalue weighted by Gasteiger charge is -2.25. The first-order chi connectivity index (χ1) is 8.90. The van der Waals surface area contributed by atoms with Gasteiger partial charge in [0.05, 0.1) is 18.1 Å². The van der Waals surface area contributed by atoms with Crippen LogP contribution in [0.4, 0.5) is 0 Å². The normalized spacial score (nSPS) is 36.6. The molecule has 0 aromatic heterocycles. The van der Waals surface area contributed by atoms with Crippen LogP contribution in [0, 0.1) is 5.92 Å². The molecule has 1 heterocycles. The highest BCUT2D eigenvalue weighted by atomic mass is 16.6. The number of aliphatic hydroxyl groups is 2.